The minimum absolute atomic E-state index is 0.231. The fourth-order valence-electron chi connectivity index (χ4n) is 3.90. The van der Waals surface area contributed by atoms with Gasteiger partial charge < -0.3 is 10.1 Å². The fourth-order valence-corrected chi connectivity index (χ4v) is 3.90. The van der Waals surface area contributed by atoms with Crippen molar-refractivity contribution in [2.75, 3.05) is 20.8 Å². The van der Waals surface area contributed by atoms with Gasteiger partial charge in [-0.2, -0.15) is 8.78 Å². The first-order valence-electron chi connectivity index (χ1n) is 9.34. The summed E-state index contributed by atoms with van der Waals surface area (Å²) < 4.78 is 57.3. The largest absolute Gasteiger partial charge is 0.435 e. The third-order valence-corrected chi connectivity index (χ3v) is 5.26. The first-order chi connectivity index (χ1) is 13.8. The lowest BCUT2D eigenvalue weighted by Gasteiger charge is -2.41. The minimum Gasteiger partial charge on any atom is -0.435 e. The highest BCUT2D eigenvalue weighted by Crippen LogP contribution is 2.35. The highest BCUT2D eigenvalue weighted by Gasteiger charge is 2.52. The summed E-state index contributed by atoms with van der Waals surface area (Å²) in [5.74, 6) is -2.02. The van der Waals surface area contributed by atoms with Gasteiger partial charge >= 0.3 is 6.61 Å². The number of benzene rings is 1. The molecule has 29 heavy (non-hydrogen) atoms. The topological polar surface area (TPSA) is 68.9 Å². The number of alkyl halides is 3. The summed E-state index contributed by atoms with van der Waals surface area (Å²) in [6, 6.07) is 2.19. The smallest absolute Gasteiger partial charge is 0.387 e. The molecule has 11 heteroatoms. The second kappa shape index (κ2) is 8.82. The number of fused-ring (bicyclic) bond motifs is 1. The van der Waals surface area contributed by atoms with E-state index in [0.29, 0.717) is 6.42 Å². The number of hydrazine groups is 1. The molecule has 0 spiro atoms. The molecule has 2 aliphatic rings. The van der Waals surface area contributed by atoms with Crippen LogP contribution in [0.5, 0.6) is 5.75 Å². The Labute approximate surface area is 166 Å². The molecule has 162 valence electrons. The third-order valence-electron chi connectivity index (χ3n) is 5.26. The van der Waals surface area contributed by atoms with Gasteiger partial charge in [0, 0.05) is 11.6 Å². The lowest BCUT2D eigenvalue weighted by atomic mass is 9.95. The average Bonchev–Trinajstić information content (AvgIpc) is 3.02. The van der Waals surface area contributed by atoms with Crippen LogP contribution in [0.25, 0.3) is 0 Å². The van der Waals surface area contributed by atoms with E-state index in [-0.39, 0.29) is 17.2 Å². The molecule has 0 bridgehead atoms. The van der Waals surface area contributed by atoms with Crippen LogP contribution in [0.1, 0.15) is 24.9 Å². The van der Waals surface area contributed by atoms with Gasteiger partial charge in [0.1, 0.15) is 24.5 Å². The predicted molar refractivity (Wildman–Crippen MR) is 96.8 cm³/mol. The van der Waals surface area contributed by atoms with Crippen molar-refractivity contribution in [2.24, 2.45) is 5.92 Å². The van der Waals surface area contributed by atoms with E-state index < -0.39 is 49.6 Å². The van der Waals surface area contributed by atoms with Gasteiger partial charge in [-0.05, 0) is 26.6 Å². The number of hydrogen-bond donors (Lipinski definition) is 3. The quantitative estimate of drug-likeness (QED) is 0.583. The molecule has 0 radical (unpaired) electrons. The van der Waals surface area contributed by atoms with Crippen LogP contribution < -0.4 is 20.8 Å². The van der Waals surface area contributed by atoms with E-state index >= 15 is 0 Å². The summed E-state index contributed by atoms with van der Waals surface area (Å²) >= 11 is 0. The van der Waals surface area contributed by atoms with Crippen LogP contribution in [-0.2, 0) is 4.79 Å². The molecule has 5 atom stereocenters. The number of hydrogen-bond acceptors (Lipinski definition) is 6. The van der Waals surface area contributed by atoms with Crippen LogP contribution in [0, 0.1) is 11.7 Å². The van der Waals surface area contributed by atoms with E-state index in [4.69, 9.17) is 0 Å². The number of nitrogens with one attached hydrogen (secondary N) is 3. The molecular weight excluding hydrogens is 394 g/mol. The Morgan fingerprint density at radius 3 is 2.59 bits per heavy atom. The molecule has 1 aromatic rings. The van der Waals surface area contributed by atoms with Gasteiger partial charge in [-0.1, -0.05) is 13.0 Å². The Bertz CT molecular complexity index is 738. The van der Waals surface area contributed by atoms with Crippen molar-refractivity contribution in [1.82, 2.24) is 26.0 Å². The Balaban J connectivity index is 1.91. The molecule has 3 N–H and O–H groups in total. The highest BCUT2D eigenvalue weighted by molar-refractivity contribution is 5.81. The first kappa shape index (κ1) is 21.8. The minimum atomic E-state index is -3.05. The van der Waals surface area contributed by atoms with Crippen molar-refractivity contribution in [1.29, 1.82) is 0 Å². The Morgan fingerprint density at radius 2 is 2.03 bits per heavy atom. The van der Waals surface area contributed by atoms with Crippen LogP contribution in [0.4, 0.5) is 17.6 Å². The molecule has 2 aliphatic heterocycles. The normalized spacial score (nSPS) is 28.5. The van der Waals surface area contributed by atoms with E-state index in [0.717, 1.165) is 6.07 Å². The molecule has 2 fully saturated rings. The van der Waals surface area contributed by atoms with Gasteiger partial charge in [-0.25, -0.2) is 19.2 Å². The summed E-state index contributed by atoms with van der Waals surface area (Å²) in [6.45, 7) is -2.01. The van der Waals surface area contributed by atoms with Gasteiger partial charge in [0.2, 0.25) is 5.91 Å². The Morgan fingerprint density at radius 1 is 1.31 bits per heavy atom. The first-order valence-corrected chi connectivity index (χ1v) is 9.34. The second-order valence-corrected chi connectivity index (χ2v) is 7.30. The molecule has 0 saturated carbocycles. The van der Waals surface area contributed by atoms with Crippen molar-refractivity contribution < 1.29 is 27.1 Å². The van der Waals surface area contributed by atoms with Crippen molar-refractivity contribution in [2.45, 2.75) is 44.5 Å². The molecule has 0 aliphatic carbocycles. The van der Waals surface area contributed by atoms with Crippen LogP contribution in [0.3, 0.4) is 0 Å². The lowest BCUT2D eigenvalue weighted by molar-refractivity contribution is -0.133. The molecule has 1 amide bonds. The van der Waals surface area contributed by atoms with Gasteiger partial charge in [0.15, 0.2) is 0 Å². The molecule has 2 saturated heterocycles. The Kier molecular flexibility index (Phi) is 6.62. The number of rotatable bonds is 7. The van der Waals surface area contributed by atoms with Crippen molar-refractivity contribution in [3.63, 3.8) is 0 Å². The number of halogens is 4. The zero-order valence-electron chi connectivity index (χ0n) is 16.3. The fraction of sp³-hybridized carbons (Fsp3) is 0.611. The number of amides is 1. The zero-order chi connectivity index (χ0) is 21.3. The van der Waals surface area contributed by atoms with Gasteiger partial charge in [-0.3, -0.25) is 15.0 Å². The van der Waals surface area contributed by atoms with Crippen LogP contribution >= 0.6 is 0 Å². The summed E-state index contributed by atoms with van der Waals surface area (Å²) in [5.41, 5.74) is 3.23. The number of carbonyl (C=O) groups excluding carboxylic acids is 1. The van der Waals surface area contributed by atoms with Crippen molar-refractivity contribution in [3.8, 4) is 5.75 Å². The maximum atomic E-state index is 14.7. The van der Waals surface area contributed by atoms with E-state index in [1.54, 1.807) is 24.0 Å². The average molecular weight is 419 g/mol. The Hall–Kier alpha value is -1.95. The van der Waals surface area contributed by atoms with E-state index in [1.165, 1.54) is 12.1 Å². The maximum Gasteiger partial charge on any atom is 0.387 e. The van der Waals surface area contributed by atoms with Gasteiger partial charge in [0.05, 0.1) is 24.2 Å². The lowest BCUT2D eigenvalue weighted by Crippen LogP contribution is -2.68. The standard InChI is InChI=1S/C18H25F4N5O2/c1-4-13(10-6-5-9(7-11(10)20)29-17(21)22)27-15-14(12(8-19)25-27)16(28)24-18(23-15)26(2)3/h5-7,12-15,17-18,23,25H,4,8H2,1-3H3,(H,24,28). The predicted octanol–water partition coefficient (Wildman–Crippen LogP) is 1.54. The molecule has 2 heterocycles. The van der Waals surface area contributed by atoms with Crippen molar-refractivity contribution in [3.05, 3.63) is 29.6 Å². The monoisotopic (exact) mass is 419 g/mol. The molecular formula is C18H25F4N5O2. The highest BCUT2D eigenvalue weighted by atomic mass is 19.3. The van der Waals surface area contributed by atoms with Gasteiger partial charge in [-0.15, -0.1) is 0 Å². The molecule has 7 nitrogen and oxygen atoms in total. The summed E-state index contributed by atoms with van der Waals surface area (Å²) in [4.78, 5) is 14.4. The third kappa shape index (κ3) is 4.32. The zero-order valence-corrected chi connectivity index (χ0v) is 16.3. The molecule has 3 rings (SSSR count). The van der Waals surface area contributed by atoms with E-state index in [9.17, 15) is 22.4 Å². The summed E-state index contributed by atoms with van der Waals surface area (Å²) in [5, 5.41) is 7.68. The van der Waals surface area contributed by atoms with Crippen LogP contribution in [0.2, 0.25) is 0 Å². The van der Waals surface area contributed by atoms with Crippen LogP contribution in [0.15, 0.2) is 18.2 Å². The van der Waals surface area contributed by atoms with Gasteiger partial charge in [0.25, 0.3) is 0 Å². The number of ether oxygens (including phenoxy) is 1. The number of carbonyl (C=O) groups is 1. The summed E-state index contributed by atoms with van der Waals surface area (Å²) in [7, 11) is 3.55. The number of nitrogens with zero attached hydrogens (tertiary/aromatic N) is 2. The van der Waals surface area contributed by atoms with Crippen LogP contribution in [-0.4, -0.2) is 61.7 Å². The molecule has 0 aromatic heterocycles. The van der Waals surface area contributed by atoms with Crippen molar-refractivity contribution >= 4 is 5.91 Å². The molecule has 5 unspecified atom stereocenters. The SMILES string of the molecule is CCC(c1ccc(OC(F)F)cc1F)N1NC(CF)C2C(=O)NC(N(C)C)NC21. The van der Waals surface area contributed by atoms with E-state index in [2.05, 4.69) is 20.8 Å². The molecule has 1 aromatic carbocycles. The van der Waals surface area contributed by atoms with E-state index in [1.807, 2.05) is 6.92 Å². The summed E-state index contributed by atoms with van der Waals surface area (Å²) in [6.07, 6.45) is -0.634. The second-order valence-electron chi connectivity index (χ2n) is 7.30. The maximum absolute atomic E-state index is 14.7.